The van der Waals surface area contributed by atoms with Gasteiger partial charge in [-0.1, -0.05) is 6.92 Å². The van der Waals surface area contributed by atoms with Crippen LogP contribution in [0.25, 0.3) is 0 Å². The monoisotopic (exact) mass is 458 g/mol. The quantitative estimate of drug-likeness (QED) is 0.387. The minimum atomic E-state index is -0.447. The van der Waals surface area contributed by atoms with E-state index in [2.05, 4.69) is 48.5 Å². The van der Waals surface area contributed by atoms with Gasteiger partial charge in [-0.25, -0.2) is 4.39 Å². The van der Waals surface area contributed by atoms with Crippen molar-refractivity contribution >= 4 is 23.5 Å². The van der Waals surface area contributed by atoms with Gasteiger partial charge in [0.05, 0.1) is 7.11 Å². The van der Waals surface area contributed by atoms with Crippen molar-refractivity contribution in [2.75, 3.05) is 42.7 Å². The van der Waals surface area contributed by atoms with Crippen molar-refractivity contribution in [1.29, 1.82) is 0 Å². The van der Waals surface area contributed by atoms with Gasteiger partial charge in [-0.15, -0.1) is 0 Å². The lowest BCUT2D eigenvalue weighted by atomic mass is 10.0. The molecule has 1 aromatic carbocycles. The van der Waals surface area contributed by atoms with E-state index in [1.807, 2.05) is 0 Å². The van der Waals surface area contributed by atoms with E-state index in [0.717, 1.165) is 51.7 Å². The topological polar surface area (TPSA) is 108 Å². The van der Waals surface area contributed by atoms with Gasteiger partial charge in [0, 0.05) is 29.9 Å². The van der Waals surface area contributed by atoms with Gasteiger partial charge in [-0.05, 0) is 70.3 Å². The zero-order valence-corrected chi connectivity index (χ0v) is 19.5. The standard InChI is InChI=1S/C23H35FN8O/c1-3-18(19-7-5-12-26-19)29-23-31-21(27-15-6-4-11-25-13-10-15)30-22(32-23)28-16-8-9-20(33-2)17(24)14-16/h8-9,14-15,18-19,25-26H,3-7,10-13H2,1-2H3,(H3,27,28,29,30,31,32). The maximum atomic E-state index is 14.2. The Balaban J connectivity index is 1.56. The van der Waals surface area contributed by atoms with E-state index in [4.69, 9.17) is 4.74 Å². The molecule has 0 amide bonds. The largest absolute Gasteiger partial charge is 0.494 e. The lowest BCUT2D eigenvalue weighted by Crippen LogP contribution is -2.40. The van der Waals surface area contributed by atoms with Gasteiger partial charge >= 0.3 is 0 Å². The van der Waals surface area contributed by atoms with Gasteiger partial charge in [0.15, 0.2) is 11.6 Å². The zero-order chi connectivity index (χ0) is 23.0. The Morgan fingerprint density at radius 2 is 1.88 bits per heavy atom. The van der Waals surface area contributed by atoms with Gasteiger partial charge in [-0.2, -0.15) is 15.0 Å². The summed E-state index contributed by atoms with van der Waals surface area (Å²) in [6.07, 6.45) is 6.43. The second-order valence-electron chi connectivity index (χ2n) is 8.66. The third-order valence-corrected chi connectivity index (χ3v) is 6.29. The molecule has 2 aliphatic rings. The van der Waals surface area contributed by atoms with Crippen LogP contribution in [0.4, 0.5) is 27.9 Å². The summed E-state index contributed by atoms with van der Waals surface area (Å²) in [5.74, 6) is 1.14. The lowest BCUT2D eigenvalue weighted by Gasteiger charge is -2.24. The highest BCUT2D eigenvalue weighted by molar-refractivity contribution is 5.57. The van der Waals surface area contributed by atoms with E-state index in [0.29, 0.717) is 35.6 Å². The molecule has 2 aromatic rings. The van der Waals surface area contributed by atoms with E-state index in [1.165, 1.54) is 19.6 Å². The van der Waals surface area contributed by atoms with E-state index < -0.39 is 5.82 Å². The van der Waals surface area contributed by atoms with Crippen molar-refractivity contribution < 1.29 is 9.13 Å². The van der Waals surface area contributed by atoms with E-state index in [-0.39, 0.29) is 11.8 Å². The summed E-state index contributed by atoms with van der Waals surface area (Å²) >= 11 is 0. The van der Waals surface area contributed by atoms with Crippen molar-refractivity contribution in [3.63, 3.8) is 0 Å². The number of anilines is 4. The fraction of sp³-hybridized carbons (Fsp3) is 0.609. The molecule has 2 aliphatic heterocycles. The maximum Gasteiger partial charge on any atom is 0.233 e. The number of nitrogens with one attached hydrogen (secondary N) is 5. The summed E-state index contributed by atoms with van der Waals surface area (Å²) in [7, 11) is 1.44. The van der Waals surface area contributed by atoms with Crippen LogP contribution in [0.15, 0.2) is 18.2 Å². The van der Waals surface area contributed by atoms with Crippen LogP contribution < -0.4 is 31.3 Å². The van der Waals surface area contributed by atoms with Crippen LogP contribution in [0.2, 0.25) is 0 Å². The van der Waals surface area contributed by atoms with Crippen LogP contribution in [0.5, 0.6) is 5.75 Å². The summed E-state index contributed by atoms with van der Waals surface area (Å²) in [6.45, 7) is 5.20. The first-order valence-corrected chi connectivity index (χ1v) is 12.0. The first kappa shape index (κ1) is 23.4. The van der Waals surface area contributed by atoms with Crippen LogP contribution in [0.1, 0.15) is 45.4 Å². The number of hydrogen-bond donors (Lipinski definition) is 5. The van der Waals surface area contributed by atoms with Crippen molar-refractivity contribution in [2.24, 2.45) is 0 Å². The number of benzene rings is 1. The highest BCUT2D eigenvalue weighted by atomic mass is 19.1. The Morgan fingerprint density at radius 3 is 2.64 bits per heavy atom. The minimum absolute atomic E-state index is 0.192. The van der Waals surface area contributed by atoms with Gasteiger partial charge in [0.1, 0.15) is 0 Å². The molecule has 3 atom stereocenters. The number of nitrogens with zero attached hydrogens (tertiary/aromatic N) is 3. The predicted molar refractivity (Wildman–Crippen MR) is 129 cm³/mol. The maximum absolute atomic E-state index is 14.2. The number of rotatable bonds is 9. The lowest BCUT2D eigenvalue weighted by molar-refractivity contribution is 0.386. The average molecular weight is 459 g/mol. The second-order valence-corrected chi connectivity index (χ2v) is 8.66. The zero-order valence-electron chi connectivity index (χ0n) is 19.5. The number of aromatic nitrogens is 3. The molecule has 2 fully saturated rings. The molecule has 4 rings (SSSR count). The average Bonchev–Trinajstić information content (AvgIpc) is 3.22. The Labute approximate surface area is 194 Å². The van der Waals surface area contributed by atoms with Gasteiger partial charge in [0.2, 0.25) is 17.8 Å². The normalized spacial score (nSPS) is 21.8. The number of halogens is 1. The fourth-order valence-corrected chi connectivity index (χ4v) is 4.49. The van der Waals surface area contributed by atoms with Crippen molar-refractivity contribution in [1.82, 2.24) is 25.6 Å². The summed E-state index contributed by atoms with van der Waals surface area (Å²) in [6, 6.07) is 5.59. The molecule has 9 nitrogen and oxygen atoms in total. The molecule has 0 radical (unpaired) electrons. The molecule has 0 bridgehead atoms. The molecule has 33 heavy (non-hydrogen) atoms. The first-order valence-electron chi connectivity index (χ1n) is 12.0. The van der Waals surface area contributed by atoms with Crippen molar-refractivity contribution in [3.05, 3.63) is 24.0 Å². The number of ether oxygens (including phenoxy) is 1. The first-order chi connectivity index (χ1) is 16.1. The summed E-state index contributed by atoms with van der Waals surface area (Å²) in [5.41, 5.74) is 0.541. The van der Waals surface area contributed by atoms with Gasteiger partial charge in [-0.3, -0.25) is 0 Å². The molecule has 180 valence electrons. The summed E-state index contributed by atoms with van der Waals surface area (Å²) in [5, 5.41) is 17.1. The molecule has 3 heterocycles. The smallest absolute Gasteiger partial charge is 0.233 e. The third kappa shape index (κ3) is 6.42. The Hall–Kier alpha value is -2.72. The Morgan fingerprint density at radius 1 is 1.06 bits per heavy atom. The molecule has 2 saturated heterocycles. The predicted octanol–water partition coefficient (Wildman–Crippen LogP) is 3.26. The van der Waals surface area contributed by atoms with Gasteiger partial charge < -0.3 is 31.3 Å². The highest BCUT2D eigenvalue weighted by Gasteiger charge is 2.24. The molecule has 1 aromatic heterocycles. The van der Waals surface area contributed by atoms with Crippen molar-refractivity contribution in [2.45, 2.75) is 63.6 Å². The molecular weight excluding hydrogens is 423 g/mol. The van der Waals surface area contributed by atoms with Crippen molar-refractivity contribution in [3.8, 4) is 5.75 Å². The second kappa shape index (κ2) is 11.4. The summed E-state index contributed by atoms with van der Waals surface area (Å²) < 4.78 is 19.2. The number of methoxy groups -OCH3 is 1. The Bertz CT molecular complexity index is 900. The Kier molecular flexibility index (Phi) is 8.11. The third-order valence-electron chi connectivity index (χ3n) is 6.29. The molecular formula is C23H35FN8O. The van der Waals surface area contributed by atoms with Crippen LogP contribution in [0.3, 0.4) is 0 Å². The van der Waals surface area contributed by atoms with Crippen LogP contribution in [-0.2, 0) is 0 Å². The highest BCUT2D eigenvalue weighted by Crippen LogP contribution is 2.24. The molecule has 3 unspecified atom stereocenters. The summed E-state index contributed by atoms with van der Waals surface area (Å²) in [4.78, 5) is 13.9. The minimum Gasteiger partial charge on any atom is -0.494 e. The van der Waals surface area contributed by atoms with Crippen LogP contribution in [0, 0.1) is 5.82 Å². The molecule has 10 heteroatoms. The fourth-order valence-electron chi connectivity index (χ4n) is 4.49. The van der Waals surface area contributed by atoms with E-state index in [1.54, 1.807) is 12.1 Å². The number of hydrogen-bond acceptors (Lipinski definition) is 9. The molecule has 0 saturated carbocycles. The molecule has 0 spiro atoms. The molecule has 0 aliphatic carbocycles. The molecule has 5 N–H and O–H groups in total. The van der Waals surface area contributed by atoms with Crippen LogP contribution >= 0.6 is 0 Å². The van der Waals surface area contributed by atoms with E-state index >= 15 is 0 Å². The van der Waals surface area contributed by atoms with Crippen LogP contribution in [-0.4, -0.2) is 59.8 Å². The SMILES string of the molecule is CCC(Nc1nc(Nc2ccc(OC)c(F)c2)nc(NC2CCCNCC2)n1)C1CCCN1. The van der Waals surface area contributed by atoms with E-state index in [9.17, 15) is 4.39 Å². The van der Waals surface area contributed by atoms with Gasteiger partial charge in [0.25, 0.3) is 0 Å².